The summed E-state index contributed by atoms with van der Waals surface area (Å²) >= 11 is 0. The van der Waals surface area contributed by atoms with E-state index in [-0.39, 0.29) is 18.5 Å². The molecule has 0 bridgehead atoms. The smallest absolute Gasteiger partial charge is 0.220 e. The van der Waals surface area contributed by atoms with Gasteiger partial charge in [-0.2, -0.15) is 0 Å². The molecule has 4 heteroatoms. The predicted octanol–water partition coefficient (Wildman–Crippen LogP) is -0.758. The number of rotatable bonds is 3. The van der Waals surface area contributed by atoms with Crippen molar-refractivity contribution < 1.29 is 4.79 Å². The zero-order valence-electron chi connectivity index (χ0n) is 6.62. The van der Waals surface area contributed by atoms with Crippen LogP contribution in [0.1, 0.15) is 19.3 Å². The lowest BCUT2D eigenvalue weighted by molar-refractivity contribution is -0.119. The fourth-order valence-electron chi connectivity index (χ4n) is 1.41. The molecule has 0 saturated carbocycles. The zero-order valence-corrected chi connectivity index (χ0v) is 6.62. The largest absolute Gasteiger partial charge is 0.370 e. The van der Waals surface area contributed by atoms with Crippen molar-refractivity contribution in [2.75, 3.05) is 13.1 Å². The number of nitrogens with zero attached hydrogens (tertiary/aromatic N) is 1. The molecule has 4 nitrogen and oxygen atoms in total. The van der Waals surface area contributed by atoms with Gasteiger partial charge in [-0.1, -0.05) is 0 Å². The minimum Gasteiger partial charge on any atom is -0.370 e. The molecule has 64 valence electrons. The Hall–Kier alpha value is -0.610. The highest BCUT2D eigenvalue weighted by Crippen LogP contribution is 2.10. The van der Waals surface area contributed by atoms with Gasteiger partial charge in [-0.05, 0) is 25.9 Å². The molecule has 0 aromatic heterocycles. The quantitative estimate of drug-likeness (QED) is 0.565. The molecular weight excluding hydrogens is 142 g/mol. The predicted molar refractivity (Wildman–Crippen MR) is 42.6 cm³/mol. The molecule has 1 fully saturated rings. The number of hydrogen-bond donors (Lipinski definition) is 2. The lowest BCUT2D eigenvalue weighted by atomic mass is 10.3. The average Bonchev–Trinajstić information content (AvgIpc) is 2.35. The number of nitrogens with two attached hydrogens (primary N) is 2. The number of amides is 1. The van der Waals surface area contributed by atoms with Crippen molar-refractivity contribution in [1.29, 1.82) is 0 Å². The molecule has 1 unspecified atom stereocenters. The van der Waals surface area contributed by atoms with Crippen LogP contribution >= 0.6 is 0 Å². The Labute approximate surface area is 66.5 Å². The van der Waals surface area contributed by atoms with Gasteiger partial charge in [0.05, 0.1) is 12.6 Å². The molecule has 1 aliphatic heterocycles. The van der Waals surface area contributed by atoms with Gasteiger partial charge in [-0.3, -0.25) is 9.69 Å². The number of carbonyl (C=O) groups is 1. The molecule has 0 aromatic rings. The molecule has 1 heterocycles. The SMILES string of the molecule is NC(=O)CC(N)N1CCCC1. The van der Waals surface area contributed by atoms with Crippen LogP contribution in [0.2, 0.25) is 0 Å². The summed E-state index contributed by atoms with van der Waals surface area (Å²) in [7, 11) is 0. The molecule has 11 heavy (non-hydrogen) atoms. The van der Waals surface area contributed by atoms with E-state index in [1.807, 2.05) is 0 Å². The van der Waals surface area contributed by atoms with Crippen molar-refractivity contribution in [3.05, 3.63) is 0 Å². The van der Waals surface area contributed by atoms with Gasteiger partial charge in [-0.15, -0.1) is 0 Å². The first-order chi connectivity index (χ1) is 5.20. The van der Waals surface area contributed by atoms with Gasteiger partial charge in [0.1, 0.15) is 0 Å². The van der Waals surface area contributed by atoms with Crippen LogP contribution < -0.4 is 11.5 Å². The van der Waals surface area contributed by atoms with Crippen molar-refractivity contribution in [2.45, 2.75) is 25.4 Å². The Morgan fingerprint density at radius 1 is 1.45 bits per heavy atom. The number of hydrogen-bond acceptors (Lipinski definition) is 3. The van der Waals surface area contributed by atoms with Crippen LogP contribution in [0.3, 0.4) is 0 Å². The molecule has 4 N–H and O–H groups in total. The molecule has 1 amide bonds. The van der Waals surface area contributed by atoms with Gasteiger partial charge >= 0.3 is 0 Å². The third kappa shape index (κ3) is 2.48. The highest BCUT2D eigenvalue weighted by atomic mass is 16.1. The normalized spacial score (nSPS) is 21.9. The zero-order chi connectivity index (χ0) is 8.27. The van der Waals surface area contributed by atoms with Gasteiger partial charge in [0, 0.05) is 0 Å². The van der Waals surface area contributed by atoms with E-state index < -0.39 is 0 Å². The van der Waals surface area contributed by atoms with Crippen molar-refractivity contribution in [3.63, 3.8) is 0 Å². The summed E-state index contributed by atoms with van der Waals surface area (Å²) in [4.78, 5) is 12.6. The summed E-state index contributed by atoms with van der Waals surface area (Å²) in [5.74, 6) is -0.315. The molecule has 0 aromatic carbocycles. The maximum Gasteiger partial charge on any atom is 0.220 e. The summed E-state index contributed by atoms with van der Waals surface area (Å²) in [6, 6.07) is 0. The summed E-state index contributed by atoms with van der Waals surface area (Å²) < 4.78 is 0. The second-order valence-corrected chi connectivity index (χ2v) is 2.98. The standard InChI is InChI=1S/C7H15N3O/c8-6(5-7(9)11)10-3-1-2-4-10/h6H,1-5,8H2,(H2,9,11). The minimum atomic E-state index is -0.315. The minimum absolute atomic E-state index is 0.157. The van der Waals surface area contributed by atoms with E-state index in [0.29, 0.717) is 0 Å². The molecule has 0 radical (unpaired) electrons. The lowest BCUT2D eigenvalue weighted by Crippen LogP contribution is -2.42. The Morgan fingerprint density at radius 2 is 2.00 bits per heavy atom. The van der Waals surface area contributed by atoms with Crippen LogP contribution in [0.5, 0.6) is 0 Å². The molecular formula is C7H15N3O. The Morgan fingerprint density at radius 3 is 2.45 bits per heavy atom. The lowest BCUT2D eigenvalue weighted by Gasteiger charge is -2.21. The molecule has 1 aliphatic rings. The van der Waals surface area contributed by atoms with Gasteiger partial charge in [-0.25, -0.2) is 0 Å². The van der Waals surface area contributed by atoms with E-state index in [1.165, 1.54) is 12.8 Å². The molecule has 0 aliphatic carbocycles. The van der Waals surface area contributed by atoms with Gasteiger partial charge in [0.15, 0.2) is 0 Å². The van der Waals surface area contributed by atoms with Gasteiger partial charge in [0.25, 0.3) is 0 Å². The van der Waals surface area contributed by atoms with E-state index in [0.717, 1.165) is 13.1 Å². The highest BCUT2D eigenvalue weighted by molar-refractivity contribution is 5.74. The molecule has 1 atom stereocenters. The number of primary amides is 1. The summed E-state index contributed by atoms with van der Waals surface area (Å²) in [5.41, 5.74) is 10.7. The van der Waals surface area contributed by atoms with Gasteiger partial charge < -0.3 is 11.5 Å². The molecule has 1 rings (SSSR count). The van der Waals surface area contributed by atoms with E-state index in [9.17, 15) is 4.79 Å². The second kappa shape index (κ2) is 3.69. The van der Waals surface area contributed by atoms with Crippen molar-refractivity contribution >= 4 is 5.91 Å². The van der Waals surface area contributed by atoms with Crippen LogP contribution in [0, 0.1) is 0 Å². The van der Waals surface area contributed by atoms with E-state index in [4.69, 9.17) is 11.5 Å². The summed E-state index contributed by atoms with van der Waals surface area (Å²) in [6.07, 6.45) is 2.49. The monoisotopic (exact) mass is 157 g/mol. The van der Waals surface area contributed by atoms with Crippen LogP contribution in [-0.4, -0.2) is 30.1 Å². The van der Waals surface area contributed by atoms with Gasteiger partial charge in [0.2, 0.25) is 5.91 Å². The second-order valence-electron chi connectivity index (χ2n) is 2.98. The summed E-state index contributed by atoms with van der Waals surface area (Å²) in [5, 5.41) is 0. The van der Waals surface area contributed by atoms with E-state index >= 15 is 0 Å². The maximum absolute atomic E-state index is 10.5. The average molecular weight is 157 g/mol. The Balaban J connectivity index is 2.28. The first-order valence-electron chi connectivity index (χ1n) is 3.98. The van der Waals surface area contributed by atoms with E-state index in [2.05, 4.69) is 4.90 Å². The fraction of sp³-hybridized carbons (Fsp3) is 0.857. The van der Waals surface area contributed by atoms with Crippen molar-refractivity contribution in [3.8, 4) is 0 Å². The first kappa shape index (κ1) is 8.49. The Kier molecular flexibility index (Phi) is 2.84. The van der Waals surface area contributed by atoms with Crippen LogP contribution in [0.25, 0.3) is 0 Å². The topological polar surface area (TPSA) is 72.3 Å². The van der Waals surface area contributed by atoms with Crippen LogP contribution in [0.4, 0.5) is 0 Å². The molecule has 1 saturated heterocycles. The first-order valence-corrected chi connectivity index (χ1v) is 3.98. The number of likely N-dealkylation sites (tertiary alicyclic amines) is 1. The fourth-order valence-corrected chi connectivity index (χ4v) is 1.41. The maximum atomic E-state index is 10.5. The third-order valence-electron chi connectivity index (χ3n) is 2.02. The number of carbonyl (C=O) groups excluding carboxylic acids is 1. The van der Waals surface area contributed by atoms with Crippen molar-refractivity contribution in [2.24, 2.45) is 11.5 Å². The van der Waals surface area contributed by atoms with Crippen LogP contribution in [0.15, 0.2) is 0 Å². The Bertz CT molecular complexity index is 143. The third-order valence-corrected chi connectivity index (χ3v) is 2.02. The summed E-state index contributed by atoms with van der Waals surface area (Å²) in [6.45, 7) is 2.02. The highest BCUT2D eigenvalue weighted by Gasteiger charge is 2.19. The molecule has 0 spiro atoms. The van der Waals surface area contributed by atoms with Crippen molar-refractivity contribution in [1.82, 2.24) is 4.90 Å². The van der Waals surface area contributed by atoms with Crippen LogP contribution in [-0.2, 0) is 4.79 Å². The van der Waals surface area contributed by atoms with E-state index in [1.54, 1.807) is 0 Å².